The van der Waals surface area contributed by atoms with E-state index in [-0.39, 0.29) is 18.9 Å². The number of rotatable bonds is 11. The zero-order valence-corrected chi connectivity index (χ0v) is 21.2. The van der Waals surface area contributed by atoms with Crippen molar-refractivity contribution in [3.63, 3.8) is 0 Å². The molecule has 0 saturated heterocycles. The van der Waals surface area contributed by atoms with Crippen LogP contribution in [0, 0.1) is 6.92 Å². The van der Waals surface area contributed by atoms with E-state index in [1.807, 2.05) is 6.92 Å². The molecule has 31 heavy (non-hydrogen) atoms. The number of sulfonamides is 1. The van der Waals surface area contributed by atoms with Crippen LogP contribution in [0.1, 0.15) is 24.0 Å². The normalized spacial score (nSPS) is 11.4. The second kappa shape index (κ2) is 12.2. The number of hydrogen-bond acceptors (Lipinski definition) is 4. The fourth-order valence-electron chi connectivity index (χ4n) is 2.89. The summed E-state index contributed by atoms with van der Waals surface area (Å²) < 4.78 is 25.8. The fraction of sp³-hybridized carbons (Fsp3) is 0.381. The third-order valence-corrected chi connectivity index (χ3v) is 7.59. The van der Waals surface area contributed by atoms with Crippen molar-refractivity contribution in [2.24, 2.45) is 0 Å². The average molecular weight is 524 g/mol. The van der Waals surface area contributed by atoms with E-state index in [1.165, 1.54) is 4.31 Å². The maximum atomic E-state index is 12.2. The molecule has 0 unspecified atom stereocenters. The van der Waals surface area contributed by atoms with Gasteiger partial charge in [0.2, 0.25) is 15.9 Å². The number of nitrogens with one attached hydrogen (secondary N) is 1. The maximum Gasteiger partial charge on any atom is 0.232 e. The van der Waals surface area contributed by atoms with Crippen molar-refractivity contribution in [3.8, 4) is 0 Å². The van der Waals surface area contributed by atoms with Gasteiger partial charge in [0.25, 0.3) is 0 Å². The summed E-state index contributed by atoms with van der Waals surface area (Å²) >= 11 is 20.0. The average Bonchev–Trinajstić information content (AvgIpc) is 2.68. The molecule has 0 heterocycles. The number of benzene rings is 2. The first-order chi connectivity index (χ1) is 14.6. The number of hydrogen-bond donors (Lipinski definition) is 1. The highest BCUT2D eigenvalue weighted by Crippen LogP contribution is 2.28. The Kier molecular flexibility index (Phi) is 10.3. The van der Waals surface area contributed by atoms with Crippen LogP contribution in [0.25, 0.3) is 0 Å². The standard InChI is InChI=1S/C21H25Cl3N2O3S2/c1-15-8-9-16(22)13-20(15)26(31(2,28)29)11-4-7-21(27)25-10-12-30-14-17-18(23)5-3-6-19(17)24/h3,5-6,8-9,13H,4,7,10-12,14H2,1-2H3,(H,25,27). The highest BCUT2D eigenvalue weighted by Gasteiger charge is 2.19. The zero-order valence-electron chi connectivity index (χ0n) is 17.3. The second-order valence-corrected chi connectivity index (χ2v) is 11.2. The van der Waals surface area contributed by atoms with Gasteiger partial charge < -0.3 is 5.32 Å². The van der Waals surface area contributed by atoms with Crippen molar-refractivity contribution in [2.45, 2.75) is 25.5 Å². The molecular formula is C21H25Cl3N2O3S2. The molecular weight excluding hydrogens is 499 g/mol. The molecule has 170 valence electrons. The number of amides is 1. The molecule has 0 aliphatic heterocycles. The molecule has 5 nitrogen and oxygen atoms in total. The number of anilines is 1. The lowest BCUT2D eigenvalue weighted by molar-refractivity contribution is -0.121. The molecule has 0 aromatic heterocycles. The Bertz CT molecular complexity index is 997. The minimum atomic E-state index is -3.49. The Labute approximate surface area is 203 Å². The third-order valence-electron chi connectivity index (χ3n) is 4.48. The molecule has 0 atom stereocenters. The van der Waals surface area contributed by atoms with E-state index in [9.17, 15) is 13.2 Å². The summed E-state index contributed by atoms with van der Waals surface area (Å²) in [6.45, 7) is 2.53. The molecule has 0 saturated carbocycles. The molecule has 0 spiro atoms. The predicted molar refractivity (Wildman–Crippen MR) is 133 cm³/mol. The van der Waals surface area contributed by atoms with Crippen molar-refractivity contribution in [1.82, 2.24) is 5.32 Å². The molecule has 0 aliphatic rings. The number of carbonyl (C=O) groups excluding carboxylic acids is 1. The van der Waals surface area contributed by atoms with Crippen LogP contribution in [-0.2, 0) is 20.6 Å². The van der Waals surface area contributed by atoms with E-state index in [0.29, 0.717) is 45.2 Å². The monoisotopic (exact) mass is 522 g/mol. The van der Waals surface area contributed by atoms with Gasteiger partial charge in [0.05, 0.1) is 11.9 Å². The molecule has 10 heteroatoms. The van der Waals surface area contributed by atoms with E-state index in [0.717, 1.165) is 17.4 Å². The number of nitrogens with zero attached hydrogens (tertiary/aromatic N) is 1. The van der Waals surface area contributed by atoms with Crippen LogP contribution in [0.4, 0.5) is 5.69 Å². The van der Waals surface area contributed by atoms with Crippen molar-refractivity contribution in [3.05, 3.63) is 62.6 Å². The van der Waals surface area contributed by atoms with E-state index in [1.54, 1.807) is 48.2 Å². The van der Waals surface area contributed by atoms with E-state index < -0.39 is 10.0 Å². The predicted octanol–water partition coefficient (Wildman–Crippen LogP) is 5.55. The molecule has 2 aromatic carbocycles. The Balaban J connectivity index is 1.76. The number of carbonyl (C=O) groups is 1. The summed E-state index contributed by atoms with van der Waals surface area (Å²) in [6.07, 6.45) is 1.77. The topological polar surface area (TPSA) is 66.5 Å². The summed E-state index contributed by atoms with van der Waals surface area (Å²) in [4.78, 5) is 12.1. The molecule has 0 fully saturated rings. The quantitative estimate of drug-likeness (QED) is 0.392. The van der Waals surface area contributed by atoms with Gasteiger partial charge in [-0.1, -0.05) is 46.9 Å². The first kappa shape index (κ1) is 26.1. The van der Waals surface area contributed by atoms with Gasteiger partial charge in [-0.2, -0.15) is 11.8 Å². The highest BCUT2D eigenvalue weighted by molar-refractivity contribution is 7.98. The fourth-order valence-corrected chi connectivity index (χ4v) is 5.67. The Morgan fingerprint density at radius 3 is 2.45 bits per heavy atom. The van der Waals surface area contributed by atoms with Gasteiger partial charge in [-0.25, -0.2) is 8.42 Å². The summed E-state index contributed by atoms with van der Waals surface area (Å²) in [7, 11) is -3.49. The van der Waals surface area contributed by atoms with E-state index in [2.05, 4.69) is 5.32 Å². The van der Waals surface area contributed by atoms with Crippen LogP contribution in [0.15, 0.2) is 36.4 Å². The minimum absolute atomic E-state index is 0.118. The lowest BCUT2D eigenvalue weighted by atomic mass is 10.2. The van der Waals surface area contributed by atoms with Crippen LogP contribution >= 0.6 is 46.6 Å². The molecule has 1 amide bonds. The first-order valence-corrected chi connectivity index (χ1v) is 13.7. The third kappa shape index (κ3) is 8.39. The zero-order chi connectivity index (χ0) is 23.0. The van der Waals surface area contributed by atoms with E-state index >= 15 is 0 Å². The van der Waals surface area contributed by atoms with Crippen LogP contribution in [0.3, 0.4) is 0 Å². The Hall–Kier alpha value is -1.12. The maximum absolute atomic E-state index is 12.2. The molecule has 2 aromatic rings. The van der Waals surface area contributed by atoms with E-state index in [4.69, 9.17) is 34.8 Å². The molecule has 0 radical (unpaired) electrons. The van der Waals surface area contributed by atoms with Crippen molar-refractivity contribution in [2.75, 3.05) is 29.4 Å². The van der Waals surface area contributed by atoms with Crippen LogP contribution < -0.4 is 9.62 Å². The summed E-state index contributed by atoms with van der Waals surface area (Å²) in [5.74, 6) is 1.26. The van der Waals surface area contributed by atoms with Gasteiger partial charge in [-0.3, -0.25) is 9.10 Å². The summed E-state index contributed by atoms with van der Waals surface area (Å²) in [6, 6.07) is 10.5. The van der Waals surface area contributed by atoms with Crippen LogP contribution in [0.5, 0.6) is 0 Å². The molecule has 0 bridgehead atoms. The Morgan fingerprint density at radius 2 is 1.81 bits per heavy atom. The summed E-state index contributed by atoms with van der Waals surface area (Å²) in [5, 5.41) is 4.58. The van der Waals surface area contributed by atoms with Gasteiger partial charge in [0.1, 0.15) is 0 Å². The summed E-state index contributed by atoms with van der Waals surface area (Å²) in [5.41, 5.74) is 2.22. The van der Waals surface area contributed by atoms with Gasteiger partial charge in [0.15, 0.2) is 0 Å². The van der Waals surface area contributed by atoms with Crippen molar-refractivity contribution >= 4 is 68.2 Å². The number of halogens is 3. The first-order valence-electron chi connectivity index (χ1n) is 9.61. The largest absolute Gasteiger partial charge is 0.355 e. The van der Waals surface area contributed by atoms with Gasteiger partial charge in [0, 0.05) is 46.1 Å². The smallest absolute Gasteiger partial charge is 0.232 e. The van der Waals surface area contributed by atoms with Crippen LogP contribution in [0.2, 0.25) is 15.1 Å². The van der Waals surface area contributed by atoms with Gasteiger partial charge in [-0.05, 0) is 48.7 Å². The Morgan fingerprint density at radius 1 is 1.13 bits per heavy atom. The van der Waals surface area contributed by atoms with Crippen molar-refractivity contribution in [1.29, 1.82) is 0 Å². The highest BCUT2D eigenvalue weighted by atomic mass is 35.5. The number of aryl methyl sites for hydroxylation is 1. The number of thioether (sulfide) groups is 1. The SMILES string of the molecule is Cc1ccc(Cl)cc1N(CCCC(=O)NCCSCc1c(Cl)cccc1Cl)S(C)(=O)=O. The van der Waals surface area contributed by atoms with Gasteiger partial charge in [-0.15, -0.1) is 0 Å². The minimum Gasteiger partial charge on any atom is -0.355 e. The van der Waals surface area contributed by atoms with Crippen molar-refractivity contribution < 1.29 is 13.2 Å². The molecule has 2 rings (SSSR count). The molecule has 1 N–H and O–H groups in total. The van der Waals surface area contributed by atoms with Gasteiger partial charge >= 0.3 is 0 Å². The lowest BCUT2D eigenvalue weighted by Crippen LogP contribution is -2.33. The molecule has 0 aliphatic carbocycles. The second-order valence-electron chi connectivity index (χ2n) is 6.97. The van der Waals surface area contributed by atoms with Crippen LogP contribution in [-0.4, -0.2) is 39.4 Å². The lowest BCUT2D eigenvalue weighted by Gasteiger charge is -2.24.